The number of hydrogen-bond donors (Lipinski definition) is 0. The fourth-order valence-corrected chi connectivity index (χ4v) is 3.21. The molecule has 0 fully saturated rings. The number of benzene rings is 2. The van der Waals surface area contributed by atoms with E-state index in [1.165, 1.54) is 4.90 Å². The third kappa shape index (κ3) is 2.06. The van der Waals surface area contributed by atoms with Gasteiger partial charge in [-0.1, -0.05) is 30.0 Å². The van der Waals surface area contributed by atoms with Crippen molar-refractivity contribution in [2.75, 3.05) is 5.88 Å². The summed E-state index contributed by atoms with van der Waals surface area (Å²) < 4.78 is 15.6. The van der Waals surface area contributed by atoms with Crippen LogP contribution in [0.4, 0.5) is 10.1 Å². The first-order chi connectivity index (χ1) is 8.74. The summed E-state index contributed by atoms with van der Waals surface area (Å²) in [6, 6.07) is 13.4. The van der Waals surface area contributed by atoms with Crippen LogP contribution in [0.15, 0.2) is 47.4 Å². The lowest BCUT2D eigenvalue weighted by Gasteiger charge is -2.13. The van der Waals surface area contributed by atoms with Gasteiger partial charge in [-0.25, -0.2) is 4.39 Å². The highest BCUT2D eigenvalue weighted by Gasteiger charge is 2.20. The van der Waals surface area contributed by atoms with Gasteiger partial charge in [0.15, 0.2) is 12.1 Å². The summed E-state index contributed by atoms with van der Waals surface area (Å²) in [6.45, 7) is 1.96. The van der Waals surface area contributed by atoms with Gasteiger partial charge in [-0.15, -0.1) is 0 Å². The highest BCUT2D eigenvalue weighted by Crippen LogP contribution is 2.31. The zero-order valence-electron chi connectivity index (χ0n) is 10.1. The Balaban J connectivity index is 2.09. The number of para-hydroxylation sites is 1. The maximum atomic E-state index is 13.4. The van der Waals surface area contributed by atoms with Crippen molar-refractivity contribution < 1.29 is 8.97 Å². The number of nitrogens with zero attached hydrogens (tertiary/aromatic N) is 1. The van der Waals surface area contributed by atoms with Crippen LogP contribution in [0, 0.1) is 12.7 Å². The number of aryl methyl sites for hydroxylation is 1. The van der Waals surface area contributed by atoms with Crippen molar-refractivity contribution in [3.63, 3.8) is 0 Å². The van der Waals surface area contributed by atoms with E-state index in [4.69, 9.17) is 0 Å². The Bertz CT molecular complexity index is 620. The van der Waals surface area contributed by atoms with Crippen LogP contribution in [0.25, 0.3) is 0 Å². The predicted molar refractivity (Wildman–Crippen MR) is 73.4 cm³/mol. The maximum absolute atomic E-state index is 13.4. The predicted octanol–water partition coefficient (Wildman–Crippen LogP) is 3.96. The van der Waals surface area contributed by atoms with Gasteiger partial charge in [0.1, 0.15) is 5.82 Å². The third-order valence-electron chi connectivity index (χ3n) is 3.00. The summed E-state index contributed by atoms with van der Waals surface area (Å²) in [4.78, 5) is 1.18. The zero-order valence-corrected chi connectivity index (χ0v) is 10.9. The molecule has 0 aliphatic carbocycles. The van der Waals surface area contributed by atoms with E-state index in [9.17, 15) is 4.39 Å². The minimum atomic E-state index is -0.169. The highest BCUT2D eigenvalue weighted by molar-refractivity contribution is 7.99. The quantitative estimate of drug-likeness (QED) is 0.700. The Morgan fingerprint density at radius 3 is 2.72 bits per heavy atom. The number of rotatable bonds is 1. The molecule has 0 amide bonds. The molecule has 2 aromatic rings. The number of fused-ring (bicyclic) bond motifs is 1. The summed E-state index contributed by atoms with van der Waals surface area (Å²) in [6.07, 6.45) is 2.03. The van der Waals surface area contributed by atoms with Gasteiger partial charge >= 0.3 is 0 Å². The molecule has 0 aromatic heterocycles. The van der Waals surface area contributed by atoms with Crippen LogP contribution in [0.2, 0.25) is 0 Å². The Hall–Kier alpha value is -1.61. The number of halogens is 1. The van der Waals surface area contributed by atoms with Crippen molar-refractivity contribution in [1.29, 1.82) is 0 Å². The smallest absolute Gasteiger partial charge is 0.205 e. The number of hydrogen-bond acceptors (Lipinski definition) is 1. The minimum absolute atomic E-state index is 0.169. The third-order valence-corrected chi connectivity index (χ3v) is 4.25. The fraction of sp³-hybridized carbons (Fsp3) is 0.133. The first-order valence-corrected chi connectivity index (χ1v) is 6.82. The lowest BCUT2D eigenvalue weighted by Crippen LogP contribution is -2.13. The van der Waals surface area contributed by atoms with Crippen LogP contribution in [-0.4, -0.2) is 16.7 Å². The summed E-state index contributed by atoms with van der Waals surface area (Å²) in [5.74, 6) is 0.696. The standard InChI is InChI=1S/C15H13FNS/c1-11-7-13(16)8-12-9-17(10-18-15(11)12)14-5-3-2-4-6-14/h2-9H,10H2,1H3/q+1. The van der Waals surface area contributed by atoms with E-state index in [1.54, 1.807) is 23.9 Å². The average Bonchev–Trinajstić information content (AvgIpc) is 2.39. The molecule has 2 aromatic carbocycles. The fourth-order valence-electron chi connectivity index (χ4n) is 2.16. The van der Waals surface area contributed by atoms with E-state index in [0.717, 1.165) is 22.7 Å². The first kappa shape index (κ1) is 11.5. The molecular formula is C15H13FNS+. The normalized spacial score (nSPS) is 14.0. The van der Waals surface area contributed by atoms with Crippen molar-refractivity contribution in [2.24, 2.45) is 0 Å². The van der Waals surface area contributed by atoms with E-state index >= 15 is 0 Å². The summed E-state index contributed by atoms with van der Waals surface area (Å²) >= 11 is 1.75. The molecule has 18 heavy (non-hydrogen) atoms. The first-order valence-electron chi connectivity index (χ1n) is 5.83. The maximum Gasteiger partial charge on any atom is 0.205 e. The van der Waals surface area contributed by atoms with E-state index in [0.29, 0.717) is 0 Å². The second kappa shape index (κ2) is 4.58. The molecule has 0 unspecified atom stereocenters. The molecule has 0 radical (unpaired) electrons. The molecule has 0 spiro atoms. The lowest BCUT2D eigenvalue weighted by atomic mass is 10.1. The van der Waals surface area contributed by atoms with Crippen LogP contribution in [-0.2, 0) is 0 Å². The molecule has 1 aliphatic rings. The average molecular weight is 258 g/mol. The van der Waals surface area contributed by atoms with Crippen LogP contribution >= 0.6 is 11.8 Å². The second-order valence-electron chi connectivity index (χ2n) is 4.35. The van der Waals surface area contributed by atoms with E-state index in [-0.39, 0.29) is 5.82 Å². The van der Waals surface area contributed by atoms with Crippen LogP contribution in [0.1, 0.15) is 11.1 Å². The van der Waals surface area contributed by atoms with Crippen molar-refractivity contribution >= 4 is 23.7 Å². The molecule has 1 nitrogen and oxygen atoms in total. The molecule has 0 saturated carbocycles. The Morgan fingerprint density at radius 2 is 1.94 bits per heavy atom. The van der Waals surface area contributed by atoms with E-state index < -0.39 is 0 Å². The lowest BCUT2D eigenvalue weighted by molar-refractivity contribution is -0.411. The molecule has 90 valence electrons. The van der Waals surface area contributed by atoms with Gasteiger partial charge < -0.3 is 0 Å². The molecule has 0 bridgehead atoms. The van der Waals surface area contributed by atoms with Gasteiger partial charge in [0.2, 0.25) is 5.69 Å². The Labute approximate surface area is 110 Å². The van der Waals surface area contributed by atoms with Crippen molar-refractivity contribution in [3.05, 3.63) is 59.4 Å². The zero-order chi connectivity index (χ0) is 12.5. The van der Waals surface area contributed by atoms with Gasteiger partial charge in [0, 0.05) is 17.0 Å². The summed E-state index contributed by atoms with van der Waals surface area (Å²) in [7, 11) is 0. The molecule has 0 N–H and O–H groups in total. The van der Waals surface area contributed by atoms with E-state index in [2.05, 4.69) is 16.7 Å². The minimum Gasteiger partial charge on any atom is -0.207 e. The number of thioether (sulfide) groups is 1. The van der Waals surface area contributed by atoms with Crippen molar-refractivity contribution in [1.82, 2.24) is 0 Å². The van der Waals surface area contributed by atoms with Crippen LogP contribution < -0.4 is 0 Å². The van der Waals surface area contributed by atoms with Gasteiger partial charge in [-0.05, 0) is 24.6 Å². The topological polar surface area (TPSA) is 3.01 Å². The summed E-state index contributed by atoms with van der Waals surface area (Å²) in [5.41, 5.74) is 3.11. The van der Waals surface area contributed by atoms with E-state index in [1.807, 2.05) is 31.3 Å². The van der Waals surface area contributed by atoms with Crippen LogP contribution in [0.3, 0.4) is 0 Å². The molecule has 1 heterocycles. The monoisotopic (exact) mass is 258 g/mol. The molecule has 3 heteroatoms. The SMILES string of the molecule is Cc1cc(F)cc2c1SC[N+](c1ccccc1)=C2. The van der Waals surface area contributed by atoms with Crippen LogP contribution in [0.5, 0.6) is 0 Å². The highest BCUT2D eigenvalue weighted by atomic mass is 32.2. The van der Waals surface area contributed by atoms with Gasteiger partial charge in [0.25, 0.3) is 0 Å². The molecule has 0 saturated heterocycles. The van der Waals surface area contributed by atoms with Crippen molar-refractivity contribution in [2.45, 2.75) is 11.8 Å². The second-order valence-corrected chi connectivity index (χ2v) is 5.30. The van der Waals surface area contributed by atoms with Gasteiger partial charge in [-0.2, -0.15) is 4.58 Å². The Kier molecular flexibility index (Phi) is 2.92. The molecular weight excluding hydrogens is 245 g/mol. The largest absolute Gasteiger partial charge is 0.207 e. The van der Waals surface area contributed by atoms with Crippen molar-refractivity contribution in [3.8, 4) is 0 Å². The molecule has 1 aliphatic heterocycles. The van der Waals surface area contributed by atoms with Gasteiger partial charge in [0.05, 0.1) is 5.56 Å². The van der Waals surface area contributed by atoms with Gasteiger partial charge in [-0.3, -0.25) is 0 Å². The Morgan fingerprint density at radius 1 is 1.17 bits per heavy atom. The summed E-state index contributed by atoms with van der Waals surface area (Å²) in [5, 5.41) is 0. The molecule has 3 rings (SSSR count). The molecule has 0 atom stereocenters.